The molecule has 4 rings (SSSR count). The molecule has 3 aromatic rings. The Morgan fingerprint density at radius 3 is 2.18 bits per heavy atom. The van der Waals surface area contributed by atoms with Crippen LogP contribution < -0.4 is 14.2 Å². The van der Waals surface area contributed by atoms with E-state index in [-0.39, 0.29) is 10.6 Å². The van der Waals surface area contributed by atoms with Crippen molar-refractivity contribution in [2.45, 2.75) is 11.4 Å². The van der Waals surface area contributed by atoms with Crippen molar-refractivity contribution >= 4 is 10.0 Å². The first-order chi connectivity index (χ1) is 16.0. The molecular formula is C21H26N6O5S. The normalized spacial score (nSPS) is 15.4. The summed E-state index contributed by atoms with van der Waals surface area (Å²) in [6.07, 6.45) is 0. The zero-order valence-electron chi connectivity index (χ0n) is 18.7. The summed E-state index contributed by atoms with van der Waals surface area (Å²) in [7, 11) is 0.823. The van der Waals surface area contributed by atoms with E-state index in [2.05, 4.69) is 20.4 Å². The maximum atomic E-state index is 13.3. The van der Waals surface area contributed by atoms with Crippen LogP contribution in [0.5, 0.6) is 17.2 Å². The molecule has 2 aromatic carbocycles. The molecular weight excluding hydrogens is 448 g/mol. The molecule has 11 nitrogen and oxygen atoms in total. The molecule has 1 fully saturated rings. The number of benzene rings is 2. The van der Waals surface area contributed by atoms with Crippen LogP contribution >= 0.6 is 0 Å². The van der Waals surface area contributed by atoms with Gasteiger partial charge in [0.15, 0.2) is 5.82 Å². The summed E-state index contributed by atoms with van der Waals surface area (Å²) in [5.41, 5.74) is 0.821. The third-order valence-corrected chi connectivity index (χ3v) is 7.46. The van der Waals surface area contributed by atoms with Crippen LogP contribution in [0.15, 0.2) is 47.4 Å². The van der Waals surface area contributed by atoms with Crippen molar-refractivity contribution in [2.24, 2.45) is 0 Å². The molecule has 12 heteroatoms. The first-order valence-electron chi connectivity index (χ1n) is 10.3. The van der Waals surface area contributed by atoms with Gasteiger partial charge in [-0.1, -0.05) is 0 Å². The summed E-state index contributed by atoms with van der Waals surface area (Å²) < 4.78 is 45.4. The first kappa shape index (κ1) is 23.0. The summed E-state index contributed by atoms with van der Waals surface area (Å²) in [5.74, 6) is 2.17. The van der Waals surface area contributed by atoms with E-state index < -0.39 is 10.0 Å². The Morgan fingerprint density at radius 1 is 0.879 bits per heavy atom. The van der Waals surface area contributed by atoms with E-state index >= 15 is 0 Å². The molecule has 176 valence electrons. The zero-order chi connectivity index (χ0) is 23.4. The summed E-state index contributed by atoms with van der Waals surface area (Å²) in [4.78, 5) is 2.22. The predicted octanol–water partition coefficient (Wildman–Crippen LogP) is 1.19. The molecule has 1 aliphatic rings. The van der Waals surface area contributed by atoms with E-state index in [1.807, 2.05) is 24.3 Å². The van der Waals surface area contributed by atoms with Gasteiger partial charge >= 0.3 is 0 Å². The molecule has 0 N–H and O–H groups in total. The van der Waals surface area contributed by atoms with E-state index in [1.54, 1.807) is 23.9 Å². The lowest BCUT2D eigenvalue weighted by atomic mass is 10.3. The summed E-state index contributed by atoms with van der Waals surface area (Å²) in [6, 6.07) is 12.2. The molecule has 0 saturated carbocycles. The van der Waals surface area contributed by atoms with Crippen molar-refractivity contribution in [3.05, 3.63) is 48.3 Å². The third-order valence-electron chi connectivity index (χ3n) is 5.54. The summed E-state index contributed by atoms with van der Waals surface area (Å²) >= 11 is 0. The number of sulfonamides is 1. The molecule has 0 radical (unpaired) electrons. The van der Waals surface area contributed by atoms with Crippen LogP contribution in [-0.2, 0) is 16.6 Å². The van der Waals surface area contributed by atoms with Gasteiger partial charge in [0.05, 0.1) is 33.6 Å². The second-order valence-electron chi connectivity index (χ2n) is 7.40. The van der Waals surface area contributed by atoms with E-state index in [4.69, 9.17) is 14.2 Å². The molecule has 0 amide bonds. The minimum Gasteiger partial charge on any atom is -0.497 e. The summed E-state index contributed by atoms with van der Waals surface area (Å²) in [6.45, 7) is 2.26. The Balaban J connectivity index is 1.44. The fraction of sp³-hybridized carbons (Fsp3) is 0.381. The van der Waals surface area contributed by atoms with Crippen molar-refractivity contribution < 1.29 is 22.6 Å². The highest BCUT2D eigenvalue weighted by Gasteiger charge is 2.31. The SMILES string of the molecule is COc1ccc(-n2nnnc2CN2CCN(S(=O)(=O)c3cc(OC)ccc3OC)CC2)cc1. The average molecular weight is 475 g/mol. The van der Waals surface area contributed by atoms with Gasteiger partial charge in [-0.25, -0.2) is 8.42 Å². The van der Waals surface area contributed by atoms with Crippen molar-refractivity contribution in [3.8, 4) is 22.9 Å². The largest absolute Gasteiger partial charge is 0.497 e. The standard InChI is InChI=1S/C21H26N6O5S/c1-30-17-6-4-16(5-7-17)27-21(22-23-24-27)15-25-10-12-26(13-11-25)33(28,29)20-14-18(31-2)8-9-19(20)32-3/h4-9,14H,10-13,15H2,1-3H3. The topological polar surface area (TPSA) is 112 Å². The van der Waals surface area contributed by atoms with Crippen molar-refractivity contribution in [1.82, 2.24) is 29.4 Å². The van der Waals surface area contributed by atoms with E-state index in [0.717, 1.165) is 11.4 Å². The van der Waals surface area contributed by atoms with Crippen LogP contribution in [0.1, 0.15) is 5.82 Å². The van der Waals surface area contributed by atoms with Crippen LogP contribution in [0.2, 0.25) is 0 Å². The minimum atomic E-state index is -3.74. The highest BCUT2D eigenvalue weighted by Crippen LogP contribution is 2.31. The van der Waals surface area contributed by atoms with Gasteiger partial charge in [0, 0.05) is 32.2 Å². The molecule has 2 heterocycles. The molecule has 1 saturated heterocycles. The molecule has 0 atom stereocenters. The molecule has 0 unspecified atom stereocenters. The van der Waals surface area contributed by atoms with Crippen LogP contribution in [0, 0.1) is 0 Å². The molecule has 1 aliphatic heterocycles. The lowest BCUT2D eigenvalue weighted by Crippen LogP contribution is -2.48. The van der Waals surface area contributed by atoms with Gasteiger partial charge in [0.2, 0.25) is 10.0 Å². The van der Waals surface area contributed by atoms with Crippen molar-refractivity contribution in [2.75, 3.05) is 47.5 Å². The number of piperazine rings is 1. The zero-order valence-corrected chi connectivity index (χ0v) is 19.5. The number of ether oxygens (including phenoxy) is 3. The minimum absolute atomic E-state index is 0.0984. The molecule has 0 spiro atoms. The Morgan fingerprint density at radius 2 is 1.55 bits per heavy atom. The van der Waals surface area contributed by atoms with Crippen LogP contribution in [0.4, 0.5) is 0 Å². The molecule has 0 aliphatic carbocycles. The number of rotatable bonds is 8. The number of tetrazole rings is 1. The van der Waals surface area contributed by atoms with Gasteiger partial charge in [-0.05, 0) is 46.8 Å². The summed E-state index contributed by atoms with van der Waals surface area (Å²) in [5, 5.41) is 12.1. The maximum Gasteiger partial charge on any atom is 0.246 e. The van der Waals surface area contributed by atoms with Crippen LogP contribution in [0.25, 0.3) is 5.69 Å². The van der Waals surface area contributed by atoms with Gasteiger partial charge in [-0.15, -0.1) is 5.10 Å². The number of nitrogens with zero attached hydrogens (tertiary/aromatic N) is 6. The quantitative estimate of drug-likeness (QED) is 0.475. The number of methoxy groups -OCH3 is 3. The highest BCUT2D eigenvalue weighted by molar-refractivity contribution is 7.89. The van der Waals surface area contributed by atoms with E-state index in [9.17, 15) is 8.42 Å². The Hall–Kier alpha value is -3.22. The molecule has 33 heavy (non-hydrogen) atoms. The fourth-order valence-electron chi connectivity index (χ4n) is 3.68. The number of hydrogen-bond acceptors (Lipinski definition) is 9. The highest BCUT2D eigenvalue weighted by atomic mass is 32.2. The fourth-order valence-corrected chi connectivity index (χ4v) is 5.27. The lowest BCUT2D eigenvalue weighted by molar-refractivity contribution is 0.176. The Labute approximate surface area is 192 Å². The average Bonchev–Trinajstić information content (AvgIpc) is 3.32. The van der Waals surface area contributed by atoms with Gasteiger partial charge < -0.3 is 14.2 Å². The monoisotopic (exact) mass is 474 g/mol. The van der Waals surface area contributed by atoms with Gasteiger partial charge in [-0.3, -0.25) is 4.90 Å². The van der Waals surface area contributed by atoms with Crippen molar-refractivity contribution in [3.63, 3.8) is 0 Å². The smallest absolute Gasteiger partial charge is 0.246 e. The predicted molar refractivity (Wildman–Crippen MR) is 119 cm³/mol. The lowest BCUT2D eigenvalue weighted by Gasteiger charge is -2.33. The maximum absolute atomic E-state index is 13.3. The van der Waals surface area contributed by atoms with E-state index in [0.29, 0.717) is 44.3 Å². The second kappa shape index (κ2) is 9.73. The molecule has 0 bridgehead atoms. The first-order valence-corrected chi connectivity index (χ1v) is 11.8. The Kier molecular flexibility index (Phi) is 6.77. The van der Waals surface area contributed by atoms with Gasteiger partial charge in [0.25, 0.3) is 0 Å². The van der Waals surface area contributed by atoms with E-state index in [1.165, 1.54) is 24.6 Å². The molecule has 1 aromatic heterocycles. The van der Waals surface area contributed by atoms with Crippen molar-refractivity contribution in [1.29, 1.82) is 0 Å². The van der Waals surface area contributed by atoms with Crippen LogP contribution in [0.3, 0.4) is 0 Å². The number of aromatic nitrogens is 4. The van der Waals surface area contributed by atoms with Gasteiger partial charge in [0.1, 0.15) is 22.1 Å². The van der Waals surface area contributed by atoms with Gasteiger partial charge in [-0.2, -0.15) is 8.99 Å². The van der Waals surface area contributed by atoms with Crippen LogP contribution in [-0.4, -0.2) is 85.3 Å². The number of hydrogen-bond donors (Lipinski definition) is 0. The Bertz CT molecular complexity index is 1190. The second-order valence-corrected chi connectivity index (χ2v) is 9.31. The third kappa shape index (κ3) is 4.77.